The molecule has 0 amide bonds. The van der Waals surface area contributed by atoms with Crippen LogP contribution in [0.4, 0.5) is 11.6 Å². The van der Waals surface area contributed by atoms with Gasteiger partial charge in [0.25, 0.3) is 0 Å². The molecule has 1 aliphatic heterocycles. The zero-order chi connectivity index (χ0) is 13.0. The summed E-state index contributed by atoms with van der Waals surface area (Å²) >= 11 is 1.57. The van der Waals surface area contributed by atoms with E-state index in [1.807, 2.05) is 12.3 Å². The molecule has 1 aromatic heterocycles. The van der Waals surface area contributed by atoms with Crippen molar-refractivity contribution in [2.45, 2.75) is 25.0 Å². The molecule has 2 rings (SSSR count). The van der Waals surface area contributed by atoms with Crippen molar-refractivity contribution < 1.29 is 4.74 Å². The highest BCUT2D eigenvalue weighted by atomic mass is 32.2. The molecule has 1 fully saturated rings. The molecule has 1 aromatic rings. The molecular weight excluding hydrogens is 248 g/mol. The van der Waals surface area contributed by atoms with Gasteiger partial charge in [0.2, 0.25) is 0 Å². The predicted octanol–water partition coefficient (Wildman–Crippen LogP) is 1.86. The Hall–Kier alpha value is -1.01. The molecule has 0 radical (unpaired) electrons. The molecule has 0 saturated carbocycles. The van der Waals surface area contributed by atoms with Gasteiger partial charge in [-0.25, -0.2) is 9.97 Å². The van der Waals surface area contributed by atoms with Crippen LogP contribution in [0.1, 0.15) is 13.8 Å². The fourth-order valence-electron chi connectivity index (χ4n) is 1.99. The van der Waals surface area contributed by atoms with Gasteiger partial charge in [0.1, 0.15) is 11.6 Å². The maximum Gasteiger partial charge on any atom is 0.191 e. The van der Waals surface area contributed by atoms with Crippen molar-refractivity contribution in [3.05, 3.63) is 6.07 Å². The van der Waals surface area contributed by atoms with Gasteiger partial charge >= 0.3 is 0 Å². The second kappa shape index (κ2) is 6.24. The summed E-state index contributed by atoms with van der Waals surface area (Å²) in [6.07, 6.45) is 2.00. The van der Waals surface area contributed by atoms with E-state index in [1.54, 1.807) is 11.8 Å². The lowest BCUT2D eigenvalue weighted by Gasteiger charge is -2.34. The van der Waals surface area contributed by atoms with Crippen LogP contribution < -0.4 is 10.2 Å². The Morgan fingerprint density at radius 1 is 1.56 bits per heavy atom. The number of nitrogens with zero attached hydrogens (tertiary/aromatic N) is 3. The van der Waals surface area contributed by atoms with Gasteiger partial charge in [-0.2, -0.15) is 0 Å². The van der Waals surface area contributed by atoms with Crippen LogP contribution in [0.15, 0.2) is 11.2 Å². The molecule has 0 aromatic carbocycles. The van der Waals surface area contributed by atoms with E-state index in [0.29, 0.717) is 6.04 Å². The predicted molar refractivity (Wildman–Crippen MR) is 75.6 cm³/mol. The Labute approximate surface area is 112 Å². The van der Waals surface area contributed by atoms with E-state index in [1.165, 1.54) is 0 Å². The first-order valence-corrected chi connectivity index (χ1v) is 7.48. The molecule has 6 heteroatoms. The molecule has 1 aliphatic rings. The lowest BCUT2D eigenvalue weighted by atomic mass is 10.2. The van der Waals surface area contributed by atoms with Gasteiger partial charge in [-0.15, -0.1) is 0 Å². The number of aromatic nitrogens is 2. The van der Waals surface area contributed by atoms with E-state index in [-0.39, 0.29) is 0 Å². The highest BCUT2D eigenvalue weighted by Gasteiger charge is 2.21. The smallest absolute Gasteiger partial charge is 0.191 e. The Bertz CT molecular complexity index is 402. The maximum absolute atomic E-state index is 5.46. The van der Waals surface area contributed by atoms with Gasteiger partial charge in [-0.3, -0.25) is 0 Å². The van der Waals surface area contributed by atoms with E-state index in [0.717, 1.165) is 43.1 Å². The van der Waals surface area contributed by atoms with E-state index < -0.39 is 0 Å². The molecular formula is C12H20N4OS. The zero-order valence-corrected chi connectivity index (χ0v) is 12.0. The number of nitrogens with one attached hydrogen (secondary N) is 1. The number of hydrogen-bond donors (Lipinski definition) is 1. The van der Waals surface area contributed by atoms with Crippen LogP contribution in [0.3, 0.4) is 0 Å². The summed E-state index contributed by atoms with van der Waals surface area (Å²) in [5.74, 6) is 1.88. The Morgan fingerprint density at radius 3 is 3.06 bits per heavy atom. The Morgan fingerprint density at radius 2 is 2.39 bits per heavy atom. The minimum absolute atomic E-state index is 0.359. The first kappa shape index (κ1) is 13.4. The van der Waals surface area contributed by atoms with Crippen molar-refractivity contribution >= 4 is 23.4 Å². The Kier molecular flexibility index (Phi) is 4.66. The molecule has 2 heterocycles. The summed E-state index contributed by atoms with van der Waals surface area (Å²) in [6.45, 7) is 7.50. The van der Waals surface area contributed by atoms with Crippen LogP contribution in [0.5, 0.6) is 0 Å². The monoisotopic (exact) mass is 268 g/mol. The number of anilines is 2. The zero-order valence-electron chi connectivity index (χ0n) is 11.1. The normalized spacial score (nSPS) is 19.9. The topological polar surface area (TPSA) is 50.3 Å². The molecule has 1 unspecified atom stereocenters. The van der Waals surface area contributed by atoms with Crippen molar-refractivity contribution in [1.29, 1.82) is 0 Å². The van der Waals surface area contributed by atoms with Gasteiger partial charge in [0.15, 0.2) is 5.16 Å². The van der Waals surface area contributed by atoms with Crippen LogP contribution >= 0.6 is 11.8 Å². The summed E-state index contributed by atoms with van der Waals surface area (Å²) in [7, 11) is 0. The second-order valence-electron chi connectivity index (χ2n) is 4.25. The van der Waals surface area contributed by atoms with Crippen LogP contribution in [0.2, 0.25) is 0 Å². The van der Waals surface area contributed by atoms with Gasteiger partial charge in [0.05, 0.1) is 19.3 Å². The quantitative estimate of drug-likeness (QED) is 0.664. The van der Waals surface area contributed by atoms with Crippen molar-refractivity contribution in [1.82, 2.24) is 9.97 Å². The fraction of sp³-hybridized carbons (Fsp3) is 0.667. The highest BCUT2D eigenvalue weighted by molar-refractivity contribution is 7.98. The van der Waals surface area contributed by atoms with Crippen LogP contribution in [-0.4, -0.2) is 48.6 Å². The second-order valence-corrected chi connectivity index (χ2v) is 5.02. The van der Waals surface area contributed by atoms with Crippen LogP contribution in [-0.2, 0) is 4.74 Å². The summed E-state index contributed by atoms with van der Waals surface area (Å²) in [5.41, 5.74) is 0. The largest absolute Gasteiger partial charge is 0.377 e. The number of ether oxygens (including phenoxy) is 1. The van der Waals surface area contributed by atoms with Gasteiger partial charge in [-0.05, 0) is 20.1 Å². The van der Waals surface area contributed by atoms with Gasteiger partial charge in [-0.1, -0.05) is 11.8 Å². The maximum atomic E-state index is 5.46. The molecule has 100 valence electrons. The minimum Gasteiger partial charge on any atom is -0.377 e. The molecule has 5 nitrogen and oxygen atoms in total. The molecule has 18 heavy (non-hydrogen) atoms. The minimum atomic E-state index is 0.359. The van der Waals surface area contributed by atoms with Crippen molar-refractivity contribution in [3.8, 4) is 0 Å². The van der Waals surface area contributed by atoms with Crippen LogP contribution in [0.25, 0.3) is 0 Å². The standard InChI is InChI=1S/C12H20N4OS/c1-4-13-10-7-11(15-12(14-10)18-3)16-5-6-17-8-9(16)2/h7,9H,4-6,8H2,1-3H3,(H,13,14,15). The van der Waals surface area contributed by atoms with E-state index in [2.05, 4.69) is 34.0 Å². The molecule has 0 spiro atoms. The summed E-state index contributed by atoms with van der Waals surface area (Å²) < 4.78 is 5.46. The SMILES string of the molecule is CCNc1cc(N2CCOCC2C)nc(SC)n1. The summed E-state index contributed by atoms with van der Waals surface area (Å²) in [4.78, 5) is 11.3. The lowest BCUT2D eigenvalue weighted by Crippen LogP contribution is -2.44. The lowest BCUT2D eigenvalue weighted by molar-refractivity contribution is 0.0984. The molecule has 0 bridgehead atoms. The summed E-state index contributed by atoms with van der Waals surface area (Å²) in [5, 5.41) is 4.06. The fourth-order valence-corrected chi connectivity index (χ4v) is 2.36. The molecule has 0 aliphatic carbocycles. The number of thioether (sulfide) groups is 1. The average molecular weight is 268 g/mol. The number of hydrogen-bond acceptors (Lipinski definition) is 6. The van der Waals surface area contributed by atoms with Crippen molar-refractivity contribution in [3.63, 3.8) is 0 Å². The third kappa shape index (κ3) is 3.05. The Balaban J connectivity index is 2.27. The van der Waals surface area contributed by atoms with Gasteiger partial charge in [0, 0.05) is 19.2 Å². The third-order valence-electron chi connectivity index (χ3n) is 2.89. The van der Waals surface area contributed by atoms with E-state index >= 15 is 0 Å². The molecule has 1 N–H and O–H groups in total. The summed E-state index contributed by atoms with van der Waals surface area (Å²) in [6, 6.07) is 2.38. The van der Waals surface area contributed by atoms with E-state index in [4.69, 9.17) is 4.74 Å². The van der Waals surface area contributed by atoms with E-state index in [9.17, 15) is 0 Å². The number of morpholine rings is 1. The number of rotatable bonds is 4. The molecule has 1 saturated heterocycles. The van der Waals surface area contributed by atoms with Crippen LogP contribution in [0, 0.1) is 0 Å². The van der Waals surface area contributed by atoms with Crippen molar-refractivity contribution in [2.75, 3.05) is 42.8 Å². The highest BCUT2D eigenvalue weighted by Crippen LogP contribution is 2.23. The van der Waals surface area contributed by atoms with Crippen molar-refractivity contribution in [2.24, 2.45) is 0 Å². The first-order chi connectivity index (χ1) is 8.74. The molecule has 1 atom stereocenters. The average Bonchev–Trinajstić information content (AvgIpc) is 2.39. The third-order valence-corrected chi connectivity index (χ3v) is 3.44. The first-order valence-electron chi connectivity index (χ1n) is 6.26. The van der Waals surface area contributed by atoms with Gasteiger partial charge < -0.3 is 15.0 Å².